The van der Waals surface area contributed by atoms with Crippen molar-refractivity contribution in [1.82, 2.24) is 0 Å². The van der Waals surface area contributed by atoms with Crippen LogP contribution >= 0.6 is 0 Å². The molecule has 0 heterocycles. The molecule has 0 spiro atoms. The van der Waals surface area contributed by atoms with Crippen LogP contribution < -0.4 is 0 Å². The van der Waals surface area contributed by atoms with Crippen molar-refractivity contribution >= 4 is 12.1 Å². The third kappa shape index (κ3) is 8.99. The molecule has 0 fully saturated rings. The first-order chi connectivity index (χ1) is 6.31. The van der Waals surface area contributed by atoms with Crippen molar-refractivity contribution in [1.29, 1.82) is 0 Å². The minimum absolute atomic E-state index is 0.180. The summed E-state index contributed by atoms with van der Waals surface area (Å²) < 4.78 is 0. The van der Waals surface area contributed by atoms with Crippen LogP contribution in [-0.2, 0) is 9.59 Å². The molecule has 0 aromatic rings. The maximum absolute atomic E-state index is 11.1. The van der Waals surface area contributed by atoms with E-state index in [0.717, 1.165) is 25.5 Å². The Bertz CT molecular complexity index is 171. The summed E-state index contributed by atoms with van der Waals surface area (Å²) in [5.74, 6) is 0.180. The number of ketones is 1. The first kappa shape index (κ1) is 12.1. The fourth-order valence-electron chi connectivity index (χ4n) is 1.01. The highest BCUT2D eigenvalue weighted by Crippen LogP contribution is 2.00. The van der Waals surface area contributed by atoms with Crippen molar-refractivity contribution < 1.29 is 9.59 Å². The molecule has 0 aromatic carbocycles. The van der Waals surface area contributed by atoms with Crippen LogP contribution in [0.5, 0.6) is 0 Å². The van der Waals surface area contributed by atoms with Crippen molar-refractivity contribution in [2.45, 2.75) is 45.4 Å². The van der Waals surface area contributed by atoms with E-state index >= 15 is 0 Å². The molecule has 0 amide bonds. The lowest BCUT2D eigenvalue weighted by Gasteiger charge is -1.93. The van der Waals surface area contributed by atoms with Gasteiger partial charge in [0, 0.05) is 12.8 Å². The van der Waals surface area contributed by atoms with Crippen molar-refractivity contribution in [3.63, 3.8) is 0 Å². The molecule has 0 rings (SSSR count). The number of allylic oxidation sites excluding steroid dienone is 2. The van der Waals surface area contributed by atoms with E-state index in [4.69, 9.17) is 0 Å². The van der Waals surface area contributed by atoms with Gasteiger partial charge in [-0.15, -0.1) is 0 Å². The van der Waals surface area contributed by atoms with Gasteiger partial charge in [-0.3, -0.25) is 4.79 Å². The Hall–Kier alpha value is -0.920. The molecule has 0 aliphatic heterocycles. The molecule has 0 saturated carbocycles. The van der Waals surface area contributed by atoms with Crippen LogP contribution in [-0.4, -0.2) is 12.1 Å². The van der Waals surface area contributed by atoms with Crippen molar-refractivity contribution in [2.75, 3.05) is 0 Å². The van der Waals surface area contributed by atoms with E-state index < -0.39 is 0 Å². The van der Waals surface area contributed by atoms with Gasteiger partial charge in [0.15, 0.2) is 5.78 Å². The molecule has 2 nitrogen and oxygen atoms in total. The third-order valence-electron chi connectivity index (χ3n) is 1.78. The Morgan fingerprint density at radius 2 is 2.00 bits per heavy atom. The Labute approximate surface area is 80.0 Å². The largest absolute Gasteiger partial charge is 0.303 e. The van der Waals surface area contributed by atoms with Gasteiger partial charge >= 0.3 is 0 Å². The Balaban J connectivity index is 3.38. The van der Waals surface area contributed by atoms with E-state index in [1.165, 1.54) is 0 Å². The topological polar surface area (TPSA) is 34.1 Å². The summed E-state index contributed by atoms with van der Waals surface area (Å²) in [5.41, 5.74) is 0. The van der Waals surface area contributed by atoms with Gasteiger partial charge in [0.1, 0.15) is 6.29 Å². The molecule has 0 radical (unpaired) electrons. The first-order valence-electron chi connectivity index (χ1n) is 4.94. The average Bonchev–Trinajstić information content (AvgIpc) is 2.13. The van der Waals surface area contributed by atoms with E-state index in [0.29, 0.717) is 19.3 Å². The van der Waals surface area contributed by atoms with Gasteiger partial charge < -0.3 is 4.79 Å². The summed E-state index contributed by atoms with van der Waals surface area (Å²) in [6.45, 7) is 2.12. The van der Waals surface area contributed by atoms with Gasteiger partial charge in [0.05, 0.1) is 0 Å². The molecule has 0 unspecified atom stereocenters. The molecule has 0 N–H and O–H groups in total. The zero-order chi connectivity index (χ0) is 9.94. The number of carbonyl (C=O) groups excluding carboxylic acids is 2. The number of hydrogen-bond acceptors (Lipinski definition) is 2. The summed E-state index contributed by atoms with van der Waals surface area (Å²) in [5, 5.41) is 0. The normalized spacial score (nSPS) is 10.5. The highest BCUT2D eigenvalue weighted by atomic mass is 16.1. The molecule has 0 saturated heterocycles. The Morgan fingerprint density at radius 1 is 1.23 bits per heavy atom. The van der Waals surface area contributed by atoms with Crippen molar-refractivity contribution in [3.8, 4) is 0 Å². The first-order valence-corrected chi connectivity index (χ1v) is 4.94. The summed E-state index contributed by atoms with van der Waals surface area (Å²) >= 11 is 0. The average molecular weight is 182 g/mol. The van der Waals surface area contributed by atoms with E-state index in [-0.39, 0.29) is 5.78 Å². The second-order valence-electron chi connectivity index (χ2n) is 3.07. The van der Waals surface area contributed by atoms with Gasteiger partial charge in [0.25, 0.3) is 0 Å². The van der Waals surface area contributed by atoms with E-state index in [2.05, 4.69) is 6.92 Å². The number of carbonyl (C=O) groups is 2. The standard InChI is InChI=1S/C11H18O2/c1-2-3-5-8-11(13)9-6-4-7-10-12/h6,9-10H,2-5,7-8H2,1H3/b9-6+. The highest BCUT2D eigenvalue weighted by Gasteiger charge is 1.94. The number of hydrogen-bond donors (Lipinski definition) is 0. The minimum Gasteiger partial charge on any atom is -0.303 e. The van der Waals surface area contributed by atoms with Crippen LogP contribution in [0.25, 0.3) is 0 Å². The minimum atomic E-state index is 0.180. The lowest BCUT2D eigenvalue weighted by Crippen LogP contribution is -1.91. The molecule has 0 aromatic heterocycles. The van der Waals surface area contributed by atoms with Crippen LogP contribution in [0.3, 0.4) is 0 Å². The van der Waals surface area contributed by atoms with Crippen LogP contribution in [0.1, 0.15) is 45.4 Å². The predicted molar refractivity (Wildman–Crippen MR) is 53.6 cm³/mol. The molecular formula is C11H18O2. The summed E-state index contributed by atoms with van der Waals surface area (Å²) in [4.78, 5) is 21.0. The molecule has 0 bridgehead atoms. The zero-order valence-corrected chi connectivity index (χ0v) is 8.29. The fraction of sp³-hybridized carbons (Fsp3) is 0.636. The lowest BCUT2D eigenvalue weighted by atomic mass is 10.1. The second-order valence-corrected chi connectivity index (χ2v) is 3.07. The number of rotatable bonds is 8. The molecular weight excluding hydrogens is 164 g/mol. The summed E-state index contributed by atoms with van der Waals surface area (Å²) in [6.07, 6.45) is 9.32. The van der Waals surface area contributed by atoms with Crippen LogP contribution in [0.15, 0.2) is 12.2 Å². The molecule has 74 valence electrons. The van der Waals surface area contributed by atoms with E-state index in [1.54, 1.807) is 12.2 Å². The van der Waals surface area contributed by atoms with Gasteiger partial charge in [-0.1, -0.05) is 25.8 Å². The molecule has 0 aliphatic carbocycles. The molecule has 2 heteroatoms. The SMILES string of the molecule is CCCCCC(=O)/C=C/CCC=O. The van der Waals surface area contributed by atoms with Crippen LogP contribution in [0, 0.1) is 0 Å². The van der Waals surface area contributed by atoms with Crippen LogP contribution in [0.4, 0.5) is 0 Å². The predicted octanol–water partition coefficient (Wildman–Crippen LogP) is 2.67. The third-order valence-corrected chi connectivity index (χ3v) is 1.78. The summed E-state index contributed by atoms with van der Waals surface area (Å²) in [7, 11) is 0. The fourth-order valence-corrected chi connectivity index (χ4v) is 1.01. The molecule has 0 atom stereocenters. The maximum Gasteiger partial charge on any atom is 0.155 e. The zero-order valence-electron chi connectivity index (χ0n) is 8.29. The Morgan fingerprint density at radius 3 is 2.62 bits per heavy atom. The van der Waals surface area contributed by atoms with E-state index in [1.807, 2.05) is 0 Å². The number of aldehydes is 1. The number of unbranched alkanes of at least 4 members (excludes halogenated alkanes) is 3. The molecule has 13 heavy (non-hydrogen) atoms. The molecule has 0 aliphatic rings. The van der Waals surface area contributed by atoms with E-state index in [9.17, 15) is 9.59 Å². The highest BCUT2D eigenvalue weighted by molar-refractivity contribution is 5.89. The monoisotopic (exact) mass is 182 g/mol. The summed E-state index contributed by atoms with van der Waals surface area (Å²) in [6, 6.07) is 0. The second kappa shape index (κ2) is 9.17. The smallest absolute Gasteiger partial charge is 0.155 e. The van der Waals surface area contributed by atoms with Gasteiger partial charge in [-0.2, -0.15) is 0 Å². The maximum atomic E-state index is 11.1. The van der Waals surface area contributed by atoms with Gasteiger partial charge in [-0.05, 0) is 18.9 Å². The van der Waals surface area contributed by atoms with Crippen molar-refractivity contribution in [3.05, 3.63) is 12.2 Å². The Kier molecular flexibility index (Phi) is 8.52. The van der Waals surface area contributed by atoms with Crippen molar-refractivity contribution in [2.24, 2.45) is 0 Å². The quantitative estimate of drug-likeness (QED) is 0.328. The lowest BCUT2D eigenvalue weighted by molar-refractivity contribution is -0.114. The van der Waals surface area contributed by atoms with Gasteiger partial charge in [-0.25, -0.2) is 0 Å². The van der Waals surface area contributed by atoms with Crippen LogP contribution in [0.2, 0.25) is 0 Å². The van der Waals surface area contributed by atoms with Gasteiger partial charge in [0.2, 0.25) is 0 Å².